The molecule has 0 fully saturated rings. The van der Waals surface area contributed by atoms with Gasteiger partial charge in [-0.2, -0.15) is 0 Å². The highest BCUT2D eigenvalue weighted by atomic mass is 35.5. The number of fused-ring (bicyclic) bond motifs is 1. The van der Waals surface area contributed by atoms with Crippen LogP contribution in [0.1, 0.15) is 5.56 Å². The molecule has 5 nitrogen and oxygen atoms in total. The fourth-order valence-electron chi connectivity index (χ4n) is 2.44. The number of hydrogen-bond donors (Lipinski definition) is 1. The van der Waals surface area contributed by atoms with E-state index in [2.05, 4.69) is 4.98 Å². The summed E-state index contributed by atoms with van der Waals surface area (Å²) in [6.45, 7) is 0.390. The lowest BCUT2D eigenvalue weighted by Crippen LogP contribution is -2.13. The Labute approximate surface area is 154 Å². The summed E-state index contributed by atoms with van der Waals surface area (Å²) in [4.78, 5) is 4.05. The van der Waals surface area contributed by atoms with Gasteiger partial charge in [0.05, 0.1) is 15.1 Å². The third-order valence-corrected chi connectivity index (χ3v) is 6.38. The van der Waals surface area contributed by atoms with Crippen molar-refractivity contribution in [2.45, 2.75) is 11.3 Å². The second kappa shape index (κ2) is 6.54. The minimum Gasteiger partial charge on any atom is -0.330 e. The molecule has 0 aliphatic carbocycles. The molecule has 126 valence electrons. The van der Waals surface area contributed by atoms with Crippen molar-refractivity contribution in [3.8, 4) is 0 Å². The van der Waals surface area contributed by atoms with E-state index in [0.29, 0.717) is 18.6 Å². The normalized spacial score (nSPS) is 12.0. The monoisotopic (exact) mass is 403 g/mol. The van der Waals surface area contributed by atoms with Gasteiger partial charge in [0.2, 0.25) is 0 Å². The van der Waals surface area contributed by atoms with Gasteiger partial charge < -0.3 is 5.73 Å². The standard InChI is InChI=1S/C15H12Cl3N3O2S/c16-11-6-13(18)14(7-12(11)17)24(22,23)21-8-9(3-4-19)10-2-1-5-20-15(10)21/h1-2,5-8H,3-4,19H2. The maximum Gasteiger partial charge on any atom is 0.270 e. The van der Waals surface area contributed by atoms with Crippen molar-refractivity contribution < 1.29 is 8.42 Å². The van der Waals surface area contributed by atoms with Crippen molar-refractivity contribution in [3.63, 3.8) is 0 Å². The van der Waals surface area contributed by atoms with Crippen LogP contribution >= 0.6 is 34.8 Å². The van der Waals surface area contributed by atoms with Crippen LogP contribution in [0.25, 0.3) is 11.0 Å². The van der Waals surface area contributed by atoms with E-state index in [-0.39, 0.29) is 20.0 Å². The molecule has 0 bridgehead atoms. The van der Waals surface area contributed by atoms with Crippen molar-refractivity contribution in [1.29, 1.82) is 0 Å². The molecule has 0 saturated heterocycles. The summed E-state index contributed by atoms with van der Waals surface area (Å²) in [5.74, 6) is 0. The Morgan fingerprint density at radius 3 is 2.54 bits per heavy atom. The number of nitrogens with zero attached hydrogens (tertiary/aromatic N) is 2. The third-order valence-electron chi connectivity index (χ3n) is 3.54. The van der Waals surface area contributed by atoms with Gasteiger partial charge in [-0.3, -0.25) is 0 Å². The van der Waals surface area contributed by atoms with Gasteiger partial charge in [-0.05, 0) is 42.8 Å². The van der Waals surface area contributed by atoms with E-state index in [4.69, 9.17) is 40.5 Å². The lowest BCUT2D eigenvalue weighted by Gasteiger charge is -2.10. The van der Waals surface area contributed by atoms with Crippen LogP contribution in [0.4, 0.5) is 0 Å². The minimum atomic E-state index is -3.99. The second-order valence-corrected chi connectivity index (χ2v) is 8.07. The lowest BCUT2D eigenvalue weighted by molar-refractivity contribution is 0.588. The average Bonchev–Trinajstić information content (AvgIpc) is 2.91. The van der Waals surface area contributed by atoms with Crippen LogP contribution in [0.3, 0.4) is 0 Å². The number of halogens is 3. The summed E-state index contributed by atoms with van der Waals surface area (Å²) < 4.78 is 27.2. The molecule has 3 rings (SSSR count). The molecule has 2 heterocycles. The average molecular weight is 405 g/mol. The van der Waals surface area contributed by atoms with Crippen LogP contribution in [-0.4, -0.2) is 23.9 Å². The van der Waals surface area contributed by atoms with Crippen molar-refractivity contribution in [2.75, 3.05) is 6.54 Å². The second-order valence-electron chi connectivity index (χ2n) is 5.07. The van der Waals surface area contributed by atoms with Crippen LogP contribution in [0.15, 0.2) is 41.6 Å². The van der Waals surface area contributed by atoms with E-state index in [0.717, 1.165) is 14.9 Å². The summed E-state index contributed by atoms with van der Waals surface area (Å²) in [7, 11) is -3.99. The zero-order chi connectivity index (χ0) is 17.5. The summed E-state index contributed by atoms with van der Waals surface area (Å²) in [6.07, 6.45) is 3.57. The van der Waals surface area contributed by atoms with E-state index in [1.165, 1.54) is 24.5 Å². The Balaban J connectivity index is 2.28. The molecule has 0 amide bonds. The number of pyridine rings is 1. The number of nitrogens with two attached hydrogens (primary N) is 1. The number of rotatable bonds is 4. The molecule has 0 unspecified atom stereocenters. The van der Waals surface area contributed by atoms with Crippen molar-refractivity contribution >= 4 is 55.9 Å². The molecule has 0 aliphatic heterocycles. The van der Waals surface area contributed by atoms with Crippen molar-refractivity contribution in [2.24, 2.45) is 5.73 Å². The zero-order valence-corrected chi connectivity index (χ0v) is 15.3. The molecule has 0 spiro atoms. The molecule has 24 heavy (non-hydrogen) atoms. The molecule has 0 aliphatic rings. The quantitative estimate of drug-likeness (QED) is 0.672. The predicted octanol–water partition coefficient (Wildman–Crippen LogP) is 3.73. The maximum atomic E-state index is 13.1. The maximum absolute atomic E-state index is 13.1. The fourth-order valence-corrected chi connectivity index (χ4v) is 4.77. The van der Waals surface area contributed by atoms with Gasteiger partial charge in [-0.25, -0.2) is 17.4 Å². The molecule has 0 saturated carbocycles. The molecule has 1 aromatic carbocycles. The van der Waals surface area contributed by atoms with Gasteiger partial charge in [0.15, 0.2) is 5.65 Å². The van der Waals surface area contributed by atoms with Gasteiger partial charge in [0, 0.05) is 17.8 Å². The van der Waals surface area contributed by atoms with Crippen molar-refractivity contribution in [1.82, 2.24) is 8.96 Å². The van der Waals surface area contributed by atoms with Crippen LogP contribution in [0.2, 0.25) is 15.1 Å². The summed E-state index contributed by atoms with van der Waals surface area (Å²) in [5.41, 5.74) is 6.71. The first-order chi connectivity index (χ1) is 11.4. The molecular weight excluding hydrogens is 393 g/mol. The highest BCUT2D eigenvalue weighted by Crippen LogP contribution is 2.34. The Kier molecular flexibility index (Phi) is 4.77. The van der Waals surface area contributed by atoms with Crippen LogP contribution < -0.4 is 5.73 Å². The molecule has 0 atom stereocenters. The zero-order valence-electron chi connectivity index (χ0n) is 12.2. The van der Waals surface area contributed by atoms with Gasteiger partial charge in [0.25, 0.3) is 10.0 Å². The fraction of sp³-hybridized carbons (Fsp3) is 0.133. The smallest absolute Gasteiger partial charge is 0.270 e. The first-order valence-electron chi connectivity index (χ1n) is 6.91. The van der Waals surface area contributed by atoms with Gasteiger partial charge >= 0.3 is 0 Å². The Bertz CT molecular complexity index is 1030. The van der Waals surface area contributed by atoms with E-state index < -0.39 is 10.0 Å². The largest absolute Gasteiger partial charge is 0.330 e. The Morgan fingerprint density at radius 2 is 1.83 bits per heavy atom. The number of aromatic nitrogens is 2. The van der Waals surface area contributed by atoms with Crippen LogP contribution in [0.5, 0.6) is 0 Å². The SMILES string of the molecule is NCCc1cn(S(=O)(=O)c2cc(Cl)c(Cl)cc2Cl)c2ncccc12. The molecular formula is C15H12Cl3N3O2S. The van der Waals surface area contributed by atoms with Gasteiger partial charge in [0.1, 0.15) is 4.90 Å². The van der Waals surface area contributed by atoms with E-state index in [9.17, 15) is 8.42 Å². The van der Waals surface area contributed by atoms with Crippen LogP contribution in [-0.2, 0) is 16.4 Å². The lowest BCUT2D eigenvalue weighted by atomic mass is 10.2. The first kappa shape index (κ1) is 17.5. The summed E-state index contributed by atoms with van der Waals surface area (Å²) in [5, 5.41) is 0.997. The summed E-state index contributed by atoms with van der Waals surface area (Å²) in [6, 6.07) is 6.08. The summed E-state index contributed by atoms with van der Waals surface area (Å²) >= 11 is 17.9. The van der Waals surface area contributed by atoms with E-state index >= 15 is 0 Å². The number of hydrogen-bond acceptors (Lipinski definition) is 4. The molecule has 0 radical (unpaired) electrons. The predicted molar refractivity (Wildman–Crippen MR) is 96.5 cm³/mol. The Hall–Kier alpha value is -1.31. The van der Waals surface area contributed by atoms with Crippen molar-refractivity contribution in [3.05, 3.63) is 57.3 Å². The van der Waals surface area contributed by atoms with Gasteiger partial charge in [-0.1, -0.05) is 34.8 Å². The molecule has 3 aromatic rings. The van der Waals surface area contributed by atoms with E-state index in [1.54, 1.807) is 12.1 Å². The Morgan fingerprint density at radius 1 is 1.12 bits per heavy atom. The first-order valence-corrected chi connectivity index (χ1v) is 9.49. The van der Waals surface area contributed by atoms with E-state index in [1.807, 2.05) is 0 Å². The van der Waals surface area contributed by atoms with Crippen LogP contribution in [0, 0.1) is 0 Å². The highest BCUT2D eigenvalue weighted by molar-refractivity contribution is 7.90. The van der Waals surface area contributed by atoms with Gasteiger partial charge in [-0.15, -0.1) is 0 Å². The minimum absolute atomic E-state index is 0.0115. The number of benzene rings is 1. The molecule has 9 heteroatoms. The third kappa shape index (κ3) is 2.89. The molecule has 2 N–H and O–H groups in total. The highest BCUT2D eigenvalue weighted by Gasteiger charge is 2.25. The topological polar surface area (TPSA) is 78.0 Å². The molecule has 2 aromatic heterocycles.